The molecule has 0 aliphatic heterocycles. The van der Waals surface area contributed by atoms with Crippen LogP contribution in [0.4, 0.5) is 5.69 Å². The van der Waals surface area contributed by atoms with Crippen molar-refractivity contribution in [3.63, 3.8) is 0 Å². The third-order valence-electron chi connectivity index (χ3n) is 4.15. The largest absolute Gasteiger partial charge is 0.486 e. The molecule has 1 aromatic heterocycles. The molecule has 0 fully saturated rings. The van der Waals surface area contributed by atoms with Crippen LogP contribution in [0.2, 0.25) is 0 Å². The van der Waals surface area contributed by atoms with Crippen LogP contribution in [-0.2, 0) is 0 Å². The van der Waals surface area contributed by atoms with E-state index in [0.29, 0.717) is 22.3 Å². The van der Waals surface area contributed by atoms with Crippen molar-refractivity contribution in [3.05, 3.63) is 72.7 Å². The molecule has 0 aliphatic carbocycles. The molecule has 0 unspecified atom stereocenters. The molecule has 3 aromatic rings. The highest BCUT2D eigenvalue weighted by molar-refractivity contribution is 9.10. The molecule has 0 aliphatic rings. The van der Waals surface area contributed by atoms with Crippen LogP contribution in [0, 0.1) is 22.5 Å². The van der Waals surface area contributed by atoms with Crippen LogP contribution >= 0.6 is 15.9 Å². The molecular weight excluding hydrogens is 452 g/mol. The van der Waals surface area contributed by atoms with E-state index >= 15 is 0 Å². The molecule has 0 radical (unpaired) electrons. The standard InChI is InChI=1S/C21H21BrN4O4/c1-13-24-17-9-8-15(22)10-16(17)20(27)25(13)23-11-14-6-5-7-18(26(28)29)19(14)30-12-21(2,3)4/h5-11H,12H2,1-4H3. The number of fused-ring (bicyclic) bond motifs is 1. The predicted molar refractivity (Wildman–Crippen MR) is 119 cm³/mol. The number of ether oxygens (including phenoxy) is 1. The number of aryl methyl sites for hydroxylation is 1. The Balaban J connectivity index is 2.09. The van der Waals surface area contributed by atoms with Gasteiger partial charge in [-0.15, -0.1) is 0 Å². The van der Waals surface area contributed by atoms with Crippen LogP contribution in [0.5, 0.6) is 5.75 Å². The van der Waals surface area contributed by atoms with Gasteiger partial charge in [0.2, 0.25) is 5.75 Å². The summed E-state index contributed by atoms with van der Waals surface area (Å²) in [6.07, 6.45) is 1.38. The summed E-state index contributed by atoms with van der Waals surface area (Å²) in [5.41, 5.74) is 0.276. The van der Waals surface area contributed by atoms with Gasteiger partial charge in [0.1, 0.15) is 5.82 Å². The van der Waals surface area contributed by atoms with Crippen LogP contribution in [0.25, 0.3) is 10.9 Å². The Hall–Kier alpha value is -3.07. The number of nitrogens with zero attached hydrogens (tertiary/aromatic N) is 4. The van der Waals surface area contributed by atoms with E-state index in [1.54, 1.807) is 31.2 Å². The second-order valence-corrected chi connectivity index (χ2v) is 8.90. The van der Waals surface area contributed by atoms with Crippen molar-refractivity contribution in [3.8, 4) is 5.75 Å². The summed E-state index contributed by atoms with van der Waals surface area (Å²) in [6.45, 7) is 7.86. The Morgan fingerprint density at radius 1 is 1.30 bits per heavy atom. The zero-order valence-corrected chi connectivity index (χ0v) is 18.6. The van der Waals surface area contributed by atoms with Gasteiger partial charge in [-0.25, -0.2) is 4.98 Å². The monoisotopic (exact) mass is 472 g/mol. The number of hydrogen-bond donors (Lipinski definition) is 0. The highest BCUT2D eigenvalue weighted by atomic mass is 79.9. The van der Waals surface area contributed by atoms with E-state index in [1.165, 1.54) is 17.0 Å². The van der Waals surface area contributed by atoms with Crippen molar-refractivity contribution in [2.45, 2.75) is 27.7 Å². The quantitative estimate of drug-likeness (QED) is 0.304. The molecule has 0 spiro atoms. The molecule has 0 bridgehead atoms. The Labute approximate surface area is 181 Å². The first-order valence-electron chi connectivity index (χ1n) is 9.20. The van der Waals surface area contributed by atoms with E-state index in [4.69, 9.17) is 4.74 Å². The average molecular weight is 473 g/mol. The minimum atomic E-state index is -0.498. The number of nitro benzene ring substituents is 1. The van der Waals surface area contributed by atoms with Crippen molar-refractivity contribution in [1.29, 1.82) is 0 Å². The fraction of sp³-hybridized carbons (Fsp3) is 0.286. The molecule has 1 heterocycles. The molecule has 30 heavy (non-hydrogen) atoms. The Kier molecular flexibility index (Phi) is 6.02. The highest BCUT2D eigenvalue weighted by Crippen LogP contribution is 2.31. The Morgan fingerprint density at radius 2 is 2.03 bits per heavy atom. The lowest BCUT2D eigenvalue weighted by molar-refractivity contribution is -0.386. The van der Waals surface area contributed by atoms with E-state index in [1.807, 2.05) is 26.8 Å². The van der Waals surface area contributed by atoms with E-state index in [-0.39, 0.29) is 29.0 Å². The maximum atomic E-state index is 12.9. The highest BCUT2D eigenvalue weighted by Gasteiger charge is 2.21. The minimum Gasteiger partial charge on any atom is -0.486 e. The summed E-state index contributed by atoms with van der Waals surface area (Å²) in [6, 6.07) is 9.82. The molecule has 2 aromatic carbocycles. The number of para-hydroxylation sites is 1. The first kappa shape index (κ1) is 21.6. The van der Waals surface area contributed by atoms with Gasteiger partial charge >= 0.3 is 5.69 Å². The fourth-order valence-electron chi connectivity index (χ4n) is 2.75. The Bertz CT molecular complexity index is 1210. The molecule has 0 amide bonds. The van der Waals surface area contributed by atoms with E-state index in [2.05, 4.69) is 26.0 Å². The second kappa shape index (κ2) is 8.35. The maximum Gasteiger partial charge on any atom is 0.311 e. The fourth-order valence-corrected chi connectivity index (χ4v) is 3.11. The van der Waals surface area contributed by atoms with Gasteiger partial charge in [-0.05, 0) is 36.6 Å². The van der Waals surface area contributed by atoms with Gasteiger partial charge in [0.25, 0.3) is 5.56 Å². The molecule has 0 N–H and O–H groups in total. The molecule has 0 atom stereocenters. The number of hydrogen-bond acceptors (Lipinski definition) is 6. The van der Waals surface area contributed by atoms with Gasteiger partial charge in [0.15, 0.2) is 0 Å². The van der Waals surface area contributed by atoms with Crippen molar-refractivity contribution in [2.75, 3.05) is 6.61 Å². The number of benzene rings is 2. The van der Waals surface area contributed by atoms with Gasteiger partial charge in [0.05, 0.1) is 28.6 Å². The summed E-state index contributed by atoms with van der Waals surface area (Å²) in [5, 5.41) is 16.1. The van der Waals surface area contributed by atoms with Crippen LogP contribution < -0.4 is 10.3 Å². The van der Waals surface area contributed by atoms with Crippen molar-refractivity contribution >= 4 is 38.7 Å². The van der Waals surface area contributed by atoms with E-state index < -0.39 is 4.92 Å². The van der Waals surface area contributed by atoms with E-state index in [0.717, 1.165) is 4.47 Å². The number of halogens is 1. The van der Waals surface area contributed by atoms with Gasteiger partial charge < -0.3 is 4.74 Å². The molecule has 0 saturated heterocycles. The minimum absolute atomic E-state index is 0.114. The third kappa shape index (κ3) is 4.73. The zero-order chi connectivity index (χ0) is 22.1. The van der Waals surface area contributed by atoms with Crippen LogP contribution in [0.1, 0.15) is 32.2 Å². The lowest BCUT2D eigenvalue weighted by atomic mass is 9.98. The predicted octanol–water partition coefficient (Wildman–Crippen LogP) is 4.68. The summed E-state index contributed by atoms with van der Waals surface area (Å²) >= 11 is 3.35. The topological polar surface area (TPSA) is 99.6 Å². The lowest BCUT2D eigenvalue weighted by Gasteiger charge is -2.19. The number of aromatic nitrogens is 2. The van der Waals surface area contributed by atoms with Gasteiger partial charge in [0, 0.05) is 16.1 Å². The molecule has 3 rings (SSSR count). The first-order chi connectivity index (χ1) is 14.1. The molecule has 0 saturated carbocycles. The summed E-state index contributed by atoms with van der Waals surface area (Å²) < 4.78 is 7.71. The first-order valence-corrected chi connectivity index (χ1v) is 9.99. The van der Waals surface area contributed by atoms with Crippen molar-refractivity contribution in [2.24, 2.45) is 10.5 Å². The summed E-state index contributed by atoms with van der Waals surface area (Å²) in [5.74, 6) is 0.511. The SMILES string of the molecule is Cc1nc2ccc(Br)cc2c(=O)n1N=Cc1cccc([N+](=O)[O-])c1OCC(C)(C)C. The summed E-state index contributed by atoms with van der Waals surface area (Å²) in [4.78, 5) is 28.3. The molecule has 156 valence electrons. The lowest BCUT2D eigenvalue weighted by Crippen LogP contribution is -2.21. The summed E-state index contributed by atoms with van der Waals surface area (Å²) in [7, 11) is 0. The second-order valence-electron chi connectivity index (χ2n) is 7.98. The molecule has 8 nitrogen and oxygen atoms in total. The van der Waals surface area contributed by atoms with Crippen LogP contribution in [0.15, 0.2) is 50.8 Å². The molecular formula is C21H21BrN4O4. The smallest absolute Gasteiger partial charge is 0.311 e. The average Bonchev–Trinajstić information content (AvgIpc) is 2.66. The number of rotatable bonds is 5. The van der Waals surface area contributed by atoms with Gasteiger partial charge in [-0.2, -0.15) is 9.78 Å². The van der Waals surface area contributed by atoms with Crippen molar-refractivity contribution in [1.82, 2.24) is 9.66 Å². The Morgan fingerprint density at radius 3 is 2.70 bits per heavy atom. The normalized spacial score (nSPS) is 11.9. The zero-order valence-electron chi connectivity index (χ0n) is 17.0. The number of nitro groups is 1. The third-order valence-corrected chi connectivity index (χ3v) is 4.65. The van der Waals surface area contributed by atoms with Crippen molar-refractivity contribution < 1.29 is 9.66 Å². The molecule has 9 heteroatoms. The maximum absolute atomic E-state index is 12.9. The van der Waals surface area contributed by atoms with E-state index in [9.17, 15) is 14.9 Å². The van der Waals surface area contributed by atoms with Crippen LogP contribution in [-0.4, -0.2) is 27.4 Å². The van der Waals surface area contributed by atoms with Gasteiger partial charge in [-0.1, -0.05) is 42.8 Å². The van der Waals surface area contributed by atoms with Gasteiger partial charge in [-0.3, -0.25) is 14.9 Å². The van der Waals surface area contributed by atoms with Crippen LogP contribution in [0.3, 0.4) is 0 Å².